The lowest BCUT2D eigenvalue weighted by atomic mass is 9.85. The maximum Gasteiger partial charge on any atom is 0.163 e. The Kier molecular flexibility index (Phi) is 4.12. The molecular formula is C19H21N5. The maximum absolute atomic E-state index is 9.43. The van der Waals surface area contributed by atoms with E-state index in [2.05, 4.69) is 16.4 Å². The van der Waals surface area contributed by atoms with E-state index in [0.29, 0.717) is 0 Å². The molecule has 2 heterocycles. The Labute approximate surface area is 142 Å². The number of fused-ring (bicyclic) bond motifs is 1. The monoisotopic (exact) mass is 319 g/mol. The van der Waals surface area contributed by atoms with Gasteiger partial charge in [0.25, 0.3) is 0 Å². The smallest absolute Gasteiger partial charge is 0.163 e. The minimum absolute atomic E-state index is 0.0765. The van der Waals surface area contributed by atoms with Crippen molar-refractivity contribution in [2.45, 2.75) is 51.0 Å². The minimum atomic E-state index is 0.0765. The van der Waals surface area contributed by atoms with E-state index in [0.717, 1.165) is 61.4 Å². The number of hydrogen-bond donors (Lipinski definition) is 1. The Morgan fingerprint density at radius 2 is 2.04 bits per heavy atom. The average molecular weight is 319 g/mol. The lowest BCUT2D eigenvalue weighted by Gasteiger charge is -2.28. The largest absolute Gasteiger partial charge is 0.366 e. The maximum atomic E-state index is 9.43. The van der Waals surface area contributed by atoms with Crippen LogP contribution in [0.15, 0.2) is 24.5 Å². The van der Waals surface area contributed by atoms with Gasteiger partial charge in [0.15, 0.2) is 5.82 Å². The van der Waals surface area contributed by atoms with Gasteiger partial charge in [-0.05, 0) is 44.2 Å². The summed E-state index contributed by atoms with van der Waals surface area (Å²) in [5, 5.41) is 13.0. The summed E-state index contributed by atoms with van der Waals surface area (Å²) in [6, 6.07) is 6.57. The molecule has 0 aliphatic heterocycles. The molecule has 0 amide bonds. The van der Waals surface area contributed by atoms with Gasteiger partial charge >= 0.3 is 0 Å². The predicted molar refractivity (Wildman–Crippen MR) is 92.3 cm³/mol. The van der Waals surface area contributed by atoms with Crippen LogP contribution >= 0.6 is 0 Å². The standard InChI is InChI=1S/C19H21N5/c20-11-13-5-1-2-8-16(13)22-19-15-7-3-9-17(15)23-18(24-19)14-6-4-10-21-12-14/h4,6,10,12-13,16H,1-3,5,7-9H2,(H,22,23,24). The normalized spacial score (nSPS) is 22.6. The molecule has 0 saturated heterocycles. The zero-order chi connectivity index (χ0) is 16.4. The Morgan fingerprint density at radius 3 is 2.88 bits per heavy atom. The second kappa shape index (κ2) is 6.56. The lowest BCUT2D eigenvalue weighted by Crippen LogP contribution is -2.32. The molecule has 5 nitrogen and oxygen atoms in total. The zero-order valence-electron chi connectivity index (χ0n) is 13.7. The van der Waals surface area contributed by atoms with E-state index < -0.39 is 0 Å². The fraction of sp³-hybridized carbons (Fsp3) is 0.474. The summed E-state index contributed by atoms with van der Waals surface area (Å²) in [5.74, 6) is 1.74. The van der Waals surface area contributed by atoms with E-state index in [1.165, 1.54) is 12.0 Å². The molecule has 0 radical (unpaired) electrons. The third-order valence-corrected chi connectivity index (χ3v) is 5.11. The molecule has 24 heavy (non-hydrogen) atoms. The summed E-state index contributed by atoms with van der Waals surface area (Å²) in [7, 11) is 0. The summed E-state index contributed by atoms with van der Waals surface area (Å²) in [6.07, 6.45) is 11.1. The van der Waals surface area contributed by atoms with Crippen molar-refractivity contribution in [1.82, 2.24) is 15.0 Å². The molecule has 2 unspecified atom stereocenters. The molecule has 0 aromatic carbocycles. The number of anilines is 1. The van der Waals surface area contributed by atoms with Gasteiger partial charge in [-0.3, -0.25) is 4.98 Å². The van der Waals surface area contributed by atoms with Gasteiger partial charge < -0.3 is 5.32 Å². The predicted octanol–water partition coefficient (Wildman–Crippen LogP) is 3.52. The van der Waals surface area contributed by atoms with E-state index in [9.17, 15) is 5.26 Å². The number of hydrogen-bond acceptors (Lipinski definition) is 5. The van der Waals surface area contributed by atoms with Crippen molar-refractivity contribution in [3.05, 3.63) is 35.8 Å². The highest BCUT2D eigenvalue weighted by Crippen LogP contribution is 2.32. The van der Waals surface area contributed by atoms with E-state index in [1.807, 2.05) is 12.1 Å². The summed E-state index contributed by atoms with van der Waals surface area (Å²) < 4.78 is 0. The first kappa shape index (κ1) is 15.1. The molecule has 0 bridgehead atoms. The summed E-state index contributed by atoms with van der Waals surface area (Å²) in [6.45, 7) is 0. The topological polar surface area (TPSA) is 74.5 Å². The third kappa shape index (κ3) is 2.84. The Bertz CT molecular complexity index is 765. The van der Waals surface area contributed by atoms with Gasteiger partial charge in [0.1, 0.15) is 5.82 Å². The molecule has 4 rings (SSSR count). The van der Waals surface area contributed by atoms with E-state index >= 15 is 0 Å². The average Bonchev–Trinajstić information content (AvgIpc) is 3.12. The molecule has 2 aliphatic rings. The first-order valence-corrected chi connectivity index (χ1v) is 8.81. The second-order valence-corrected chi connectivity index (χ2v) is 6.69. The van der Waals surface area contributed by atoms with E-state index in [4.69, 9.17) is 9.97 Å². The van der Waals surface area contributed by atoms with Gasteiger partial charge in [-0.15, -0.1) is 0 Å². The number of nitrogens with zero attached hydrogens (tertiary/aromatic N) is 4. The molecule has 2 atom stereocenters. The van der Waals surface area contributed by atoms with E-state index in [1.54, 1.807) is 12.4 Å². The summed E-state index contributed by atoms with van der Waals surface area (Å²) in [4.78, 5) is 13.7. The molecular weight excluding hydrogens is 298 g/mol. The molecule has 2 aromatic heterocycles. The Balaban J connectivity index is 1.69. The number of nitriles is 1. The van der Waals surface area contributed by atoms with Crippen LogP contribution in [0.4, 0.5) is 5.82 Å². The quantitative estimate of drug-likeness (QED) is 0.937. The van der Waals surface area contributed by atoms with Crippen LogP contribution in [0, 0.1) is 17.2 Å². The van der Waals surface area contributed by atoms with Crippen LogP contribution < -0.4 is 5.32 Å². The minimum Gasteiger partial charge on any atom is -0.366 e. The van der Waals surface area contributed by atoms with Crippen molar-refractivity contribution in [3.8, 4) is 17.5 Å². The Hall–Kier alpha value is -2.48. The molecule has 2 aromatic rings. The van der Waals surface area contributed by atoms with Crippen LogP contribution in [0.25, 0.3) is 11.4 Å². The summed E-state index contributed by atoms with van der Waals surface area (Å²) >= 11 is 0. The van der Waals surface area contributed by atoms with Crippen molar-refractivity contribution in [3.63, 3.8) is 0 Å². The first-order valence-electron chi connectivity index (χ1n) is 8.81. The Morgan fingerprint density at radius 1 is 1.12 bits per heavy atom. The highest BCUT2D eigenvalue weighted by Gasteiger charge is 2.28. The van der Waals surface area contributed by atoms with E-state index in [-0.39, 0.29) is 12.0 Å². The van der Waals surface area contributed by atoms with Crippen molar-refractivity contribution in [1.29, 1.82) is 5.26 Å². The second-order valence-electron chi connectivity index (χ2n) is 6.69. The van der Waals surface area contributed by atoms with Crippen molar-refractivity contribution in [2.24, 2.45) is 5.92 Å². The van der Waals surface area contributed by atoms with Gasteiger partial charge in [0, 0.05) is 35.3 Å². The molecule has 1 fully saturated rings. The van der Waals surface area contributed by atoms with Crippen LogP contribution in [-0.4, -0.2) is 21.0 Å². The highest BCUT2D eigenvalue weighted by molar-refractivity contribution is 5.60. The molecule has 2 aliphatic carbocycles. The van der Waals surface area contributed by atoms with Gasteiger partial charge in [-0.2, -0.15) is 5.26 Å². The van der Waals surface area contributed by atoms with Crippen molar-refractivity contribution < 1.29 is 0 Å². The number of nitrogens with one attached hydrogen (secondary N) is 1. The van der Waals surface area contributed by atoms with Gasteiger partial charge in [-0.25, -0.2) is 9.97 Å². The fourth-order valence-corrected chi connectivity index (χ4v) is 3.81. The number of aromatic nitrogens is 3. The van der Waals surface area contributed by atoms with Crippen molar-refractivity contribution >= 4 is 5.82 Å². The highest BCUT2D eigenvalue weighted by atomic mass is 15.1. The van der Waals surface area contributed by atoms with Crippen LogP contribution in [-0.2, 0) is 12.8 Å². The lowest BCUT2D eigenvalue weighted by molar-refractivity contribution is 0.388. The molecule has 122 valence electrons. The number of aryl methyl sites for hydroxylation is 1. The zero-order valence-corrected chi connectivity index (χ0v) is 13.7. The molecule has 5 heteroatoms. The first-order chi connectivity index (χ1) is 11.8. The van der Waals surface area contributed by atoms with Crippen LogP contribution in [0.1, 0.15) is 43.4 Å². The fourth-order valence-electron chi connectivity index (χ4n) is 3.81. The number of rotatable bonds is 3. The van der Waals surface area contributed by atoms with Gasteiger partial charge in [0.2, 0.25) is 0 Å². The van der Waals surface area contributed by atoms with Crippen LogP contribution in [0.3, 0.4) is 0 Å². The molecule has 1 saturated carbocycles. The van der Waals surface area contributed by atoms with Crippen molar-refractivity contribution in [2.75, 3.05) is 5.32 Å². The summed E-state index contributed by atoms with van der Waals surface area (Å²) in [5.41, 5.74) is 3.33. The van der Waals surface area contributed by atoms with Gasteiger partial charge in [-0.1, -0.05) is 12.8 Å². The van der Waals surface area contributed by atoms with Crippen LogP contribution in [0.2, 0.25) is 0 Å². The molecule has 1 N–H and O–H groups in total. The van der Waals surface area contributed by atoms with Gasteiger partial charge in [0.05, 0.1) is 12.0 Å². The third-order valence-electron chi connectivity index (χ3n) is 5.11. The molecule has 0 spiro atoms. The number of pyridine rings is 1. The SMILES string of the molecule is N#CC1CCCCC1Nc1nc(-c2cccnc2)nc2c1CCC2. The van der Waals surface area contributed by atoms with Crippen LogP contribution in [0.5, 0.6) is 0 Å².